The minimum absolute atomic E-state index is 0.0308. The van der Waals surface area contributed by atoms with Crippen molar-refractivity contribution in [2.75, 3.05) is 13.2 Å². The van der Waals surface area contributed by atoms with E-state index in [1.165, 1.54) is 36.4 Å². The molecule has 0 saturated carbocycles. The third kappa shape index (κ3) is 5.02. The van der Waals surface area contributed by atoms with Gasteiger partial charge in [0.05, 0.1) is 10.5 Å². The second-order valence-electron chi connectivity index (χ2n) is 4.62. The Kier molecular flexibility index (Phi) is 5.92. The molecule has 2 rings (SSSR count). The zero-order valence-corrected chi connectivity index (χ0v) is 14.6. The molecule has 0 amide bonds. The van der Waals surface area contributed by atoms with Crippen molar-refractivity contribution in [1.29, 1.82) is 0 Å². The SMILES string of the molecule is NS(=O)(=O)c1ccc(Br)c(C(=O)OCCOc2ccc(F)cc2)c1. The summed E-state index contributed by atoms with van der Waals surface area (Å²) in [5.41, 5.74) is 0.0308. The maximum absolute atomic E-state index is 12.7. The fraction of sp³-hybridized carbons (Fsp3) is 0.133. The van der Waals surface area contributed by atoms with Crippen LogP contribution in [0.4, 0.5) is 4.39 Å². The van der Waals surface area contributed by atoms with Gasteiger partial charge >= 0.3 is 5.97 Å². The van der Waals surface area contributed by atoms with Crippen molar-refractivity contribution in [3.05, 3.63) is 58.3 Å². The molecule has 0 aliphatic heterocycles. The summed E-state index contributed by atoms with van der Waals surface area (Å²) in [6.45, 7) is -0.00782. The summed E-state index contributed by atoms with van der Waals surface area (Å²) >= 11 is 3.15. The number of ether oxygens (including phenoxy) is 2. The minimum Gasteiger partial charge on any atom is -0.490 e. The number of hydrogen-bond donors (Lipinski definition) is 1. The van der Waals surface area contributed by atoms with Crippen LogP contribution in [0.2, 0.25) is 0 Å². The highest BCUT2D eigenvalue weighted by atomic mass is 79.9. The average molecular weight is 418 g/mol. The Labute approximate surface area is 146 Å². The van der Waals surface area contributed by atoms with E-state index in [0.29, 0.717) is 10.2 Å². The Morgan fingerprint density at radius 3 is 2.42 bits per heavy atom. The van der Waals surface area contributed by atoms with Crippen LogP contribution in [-0.4, -0.2) is 27.6 Å². The van der Waals surface area contributed by atoms with E-state index >= 15 is 0 Å². The van der Waals surface area contributed by atoms with Crippen LogP contribution in [0, 0.1) is 5.82 Å². The van der Waals surface area contributed by atoms with Gasteiger partial charge in [0.1, 0.15) is 24.8 Å². The molecule has 0 aliphatic rings. The molecule has 2 aromatic rings. The van der Waals surface area contributed by atoms with E-state index in [0.717, 1.165) is 6.07 Å². The summed E-state index contributed by atoms with van der Waals surface area (Å²) < 4.78 is 46.1. The maximum Gasteiger partial charge on any atom is 0.339 e. The highest BCUT2D eigenvalue weighted by Gasteiger charge is 2.16. The second kappa shape index (κ2) is 7.73. The molecule has 2 N–H and O–H groups in total. The molecule has 0 saturated heterocycles. The molecular weight excluding hydrogens is 405 g/mol. The molecule has 0 atom stereocenters. The van der Waals surface area contributed by atoms with E-state index in [1.807, 2.05) is 0 Å². The molecule has 6 nitrogen and oxygen atoms in total. The first kappa shape index (κ1) is 18.4. The van der Waals surface area contributed by atoms with E-state index in [9.17, 15) is 17.6 Å². The zero-order chi connectivity index (χ0) is 17.7. The minimum atomic E-state index is -3.92. The predicted octanol–water partition coefficient (Wildman–Crippen LogP) is 2.47. The molecule has 128 valence electrons. The molecule has 0 unspecified atom stereocenters. The van der Waals surface area contributed by atoms with Gasteiger partial charge in [0.2, 0.25) is 10.0 Å². The largest absolute Gasteiger partial charge is 0.490 e. The standard InChI is InChI=1S/C15H13BrFNO5S/c16-14-6-5-12(24(18,20)21)9-13(14)15(19)23-8-7-22-11-3-1-10(17)2-4-11/h1-6,9H,7-8H2,(H2,18,20,21). The third-order valence-corrected chi connectivity index (χ3v) is 4.49. The molecule has 0 spiro atoms. The van der Waals surface area contributed by atoms with E-state index in [2.05, 4.69) is 15.9 Å². The Morgan fingerprint density at radius 2 is 1.79 bits per heavy atom. The molecule has 0 fully saturated rings. The molecule has 0 aromatic heterocycles. The molecule has 0 aliphatic carbocycles. The van der Waals surface area contributed by atoms with E-state index < -0.39 is 16.0 Å². The third-order valence-electron chi connectivity index (χ3n) is 2.89. The van der Waals surface area contributed by atoms with Crippen molar-refractivity contribution < 1.29 is 27.1 Å². The van der Waals surface area contributed by atoms with Gasteiger partial charge in [-0.1, -0.05) is 0 Å². The number of benzene rings is 2. The van der Waals surface area contributed by atoms with Crippen LogP contribution in [0.1, 0.15) is 10.4 Å². The number of hydrogen-bond acceptors (Lipinski definition) is 5. The molecule has 0 bridgehead atoms. The van der Waals surface area contributed by atoms with Gasteiger partial charge < -0.3 is 9.47 Å². The van der Waals surface area contributed by atoms with Crippen LogP contribution in [0.5, 0.6) is 5.75 Å². The maximum atomic E-state index is 12.7. The number of esters is 1. The first-order chi connectivity index (χ1) is 11.3. The molecular formula is C15H13BrFNO5S. The smallest absolute Gasteiger partial charge is 0.339 e. The summed E-state index contributed by atoms with van der Waals surface area (Å²) in [6, 6.07) is 9.18. The fourth-order valence-electron chi connectivity index (χ4n) is 1.74. The summed E-state index contributed by atoms with van der Waals surface area (Å²) in [5, 5.41) is 5.03. The monoisotopic (exact) mass is 417 g/mol. The van der Waals surface area contributed by atoms with Crippen molar-refractivity contribution in [1.82, 2.24) is 0 Å². The van der Waals surface area contributed by atoms with Crippen molar-refractivity contribution in [2.45, 2.75) is 4.90 Å². The van der Waals surface area contributed by atoms with Gasteiger partial charge in [-0.3, -0.25) is 0 Å². The quantitative estimate of drug-likeness (QED) is 0.575. The van der Waals surface area contributed by atoms with Crippen LogP contribution in [0.15, 0.2) is 51.8 Å². The van der Waals surface area contributed by atoms with Crippen LogP contribution in [-0.2, 0) is 14.8 Å². The average Bonchev–Trinajstić information content (AvgIpc) is 2.52. The van der Waals surface area contributed by atoms with E-state index in [-0.39, 0.29) is 29.5 Å². The fourth-order valence-corrected chi connectivity index (χ4v) is 2.69. The van der Waals surface area contributed by atoms with Crippen molar-refractivity contribution in [3.8, 4) is 5.75 Å². The zero-order valence-electron chi connectivity index (χ0n) is 12.2. The van der Waals surface area contributed by atoms with Crippen molar-refractivity contribution >= 4 is 31.9 Å². The lowest BCUT2D eigenvalue weighted by Gasteiger charge is -2.09. The number of sulfonamides is 1. The van der Waals surface area contributed by atoms with Crippen molar-refractivity contribution in [2.24, 2.45) is 5.14 Å². The lowest BCUT2D eigenvalue weighted by molar-refractivity contribution is 0.0449. The number of halogens is 2. The summed E-state index contributed by atoms with van der Waals surface area (Å²) in [6.07, 6.45) is 0. The van der Waals surface area contributed by atoms with Crippen LogP contribution in [0.3, 0.4) is 0 Å². The normalized spacial score (nSPS) is 11.1. The Balaban J connectivity index is 1.94. The number of carbonyl (C=O) groups excluding carboxylic acids is 1. The predicted molar refractivity (Wildman–Crippen MR) is 87.7 cm³/mol. The number of carbonyl (C=O) groups is 1. The van der Waals surface area contributed by atoms with Gasteiger partial charge in [-0.05, 0) is 58.4 Å². The topological polar surface area (TPSA) is 95.7 Å². The van der Waals surface area contributed by atoms with E-state index in [4.69, 9.17) is 14.6 Å². The molecule has 9 heteroatoms. The van der Waals surface area contributed by atoms with Gasteiger partial charge in [0.25, 0.3) is 0 Å². The Bertz CT molecular complexity index is 839. The van der Waals surface area contributed by atoms with Gasteiger partial charge in [0.15, 0.2) is 0 Å². The van der Waals surface area contributed by atoms with Gasteiger partial charge in [-0.2, -0.15) is 0 Å². The van der Waals surface area contributed by atoms with Crippen LogP contribution >= 0.6 is 15.9 Å². The number of primary sulfonamides is 1. The molecule has 2 aromatic carbocycles. The number of rotatable bonds is 6. The summed E-state index contributed by atoms with van der Waals surface area (Å²) in [7, 11) is -3.92. The van der Waals surface area contributed by atoms with Crippen LogP contribution in [0.25, 0.3) is 0 Å². The van der Waals surface area contributed by atoms with Gasteiger partial charge in [0, 0.05) is 4.47 Å². The molecule has 0 heterocycles. The first-order valence-corrected chi connectivity index (χ1v) is 8.99. The van der Waals surface area contributed by atoms with Gasteiger partial charge in [-0.25, -0.2) is 22.7 Å². The summed E-state index contributed by atoms with van der Waals surface area (Å²) in [4.78, 5) is 11.8. The highest BCUT2D eigenvalue weighted by Crippen LogP contribution is 2.21. The Hall–Kier alpha value is -1.97. The number of nitrogens with two attached hydrogens (primary N) is 1. The molecule has 24 heavy (non-hydrogen) atoms. The first-order valence-electron chi connectivity index (χ1n) is 6.65. The highest BCUT2D eigenvalue weighted by molar-refractivity contribution is 9.10. The lowest BCUT2D eigenvalue weighted by Crippen LogP contribution is -2.15. The molecule has 0 radical (unpaired) electrons. The van der Waals surface area contributed by atoms with Crippen LogP contribution < -0.4 is 9.88 Å². The van der Waals surface area contributed by atoms with E-state index in [1.54, 1.807) is 0 Å². The van der Waals surface area contributed by atoms with Crippen molar-refractivity contribution in [3.63, 3.8) is 0 Å². The second-order valence-corrected chi connectivity index (χ2v) is 7.04. The lowest BCUT2D eigenvalue weighted by atomic mass is 10.2. The van der Waals surface area contributed by atoms with Gasteiger partial charge in [-0.15, -0.1) is 0 Å². The summed E-state index contributed by atoms with van der Waals surface area (Å²) in [5.74, 6) is -0.673. The Morgan fingerprint density at radius 1 is 1.12 bits per heavy atom.